The average Bonchev–Trinajstić information content (AvgIpc) is 2.37. The Hall–Kier alpha value is -1.95. The number of nitrogens with zero attached hydrogens (tertiary/aromatic N) is 1. The minimum Gasteiger partial charge on any atom is -0.507 e. The lowest BCUT2D eigenvalue weighted by molar-refractivity contribution is -0.132. The van der Waals surface area contributed by atoms with Gasteiger partial charge in [-0.05, 0) is 43.3 Å². The molecule has 0 saturated carbocycles. The van der Waals surface area contributed by atoms with Crippen LogP contribution >= 0.6 is 11.8 Å². The van der Waals surface area contributed by atoms with Gasteiger partial charge < -0.3 is 15.1 Å². The van der Waals surface area contributed by atoms with Gasteiger partial charge in [0.25, 0.3) is 5.24 Å². The van der Waals surface area contributed by atoms with Crippen molar-refractivity contribution in [1.29, 1.82) is 0 Å². The van der Waals surface area contributed by atoms with Gasteiger partial charge in [-0.1, -0.05) is 6.07 Å². The number of aromatic hydroxyl groups is 1. The van der Waals surface area contributed by atoms with Gasteiger partial charge in [-0.15, -0.1) is 0 Å². The Labute approximate surface area is 121 Å². The second-order valence-corrected chi connectivity index (χ2v) is 5.46. The van der Waals surface area contributed by atoms with Crippen LogP contribution in [0.2, 0.25) is 0 Å². The first-order valence-electron chi connectivity index (χ1n) is 5.88. The molecule has 0 atom stereocenters. The zero-order valence-corrected chi connectivity index (χ0v) is 12.6. The number of amides is 1. The third-order valence-corrected chi connectivity index (χ3v) is 3.92. The lowest BCUT2D eigenvalue weighted by Gasteiger charge is -2.14. The molecule has 0 heterocycles. The van der Waals surface area contributed by atoms with Gasteiger partial charge in [0.05, 0.1) is 0 Å². The number of phenolic OH excluding ortho intramolecular Hbond substituents is 1. The summed E-state index contributed by atoms with van der Waals surface area (Å²) >= 11 is 0.950. The van der Waals surface area contributed by atoms with E-state index in [9.17, 15) is 14.7 Å². The Bertz CT molecular complexity index is 579. The number of carbonyl (C=O) groups is 2. The number of phenols is 1. The maximum atomic E-state index is 11.8. The van der Waals surface area contributed by atoms with Gasteiger partial charge in [0.1, 0.15) is 5.75 Å². The minimum atomic E-state index is -1.05. The summed E-state index contributed by atoms with van der Waals surface area (Å²) in [7, 11) is 3.26. The van der Waals surface area contributed by atoms with Crippen molar-refractivity contribution in [2.45, 2.75) is 18.7 Å². The van der Waals surface area contributed by atoms with Crippen LogP contribution in [0.25, 0.3) is 5.57 Å². The van der Waals surface area contributed by atoms with Crippen molar-refractivity contribution in [2.75, 3.05) is 14.1 Å². The summed E-state index contributed by atoms with van der Waals surface area (Å²) in [4.78, 5) is 24.8. The summed E-state index contributed by atoms with van der Waals surface area (Å²) in [5.41, 5.74) is 0.947. The van der Waals surface area contributed by atoms with E-state index in [-0.39, 0.29) is 16.6 Å². The van der Waals surface area contributed by atoms with E-state index in [0.717, 1.165) is 11.8 Å². The van der Waals surface area contributed by atoms with Gasteiger partial charge in [0, 0.05) is 30.1 Å². The molecule has 1 aromatic rings. The Morgan fingerprint density at radius 2 is 1.80 bits per heavy atom. The fraction of sp³-hybridized carbons (Fsp3) is 0.286. The number of benzene rings is 1. The molecule has 20 heavy (non-hydrogen) atoms. The molecule has 0 saturated heterocycles. The lowest BCUT2D eigenvalue weighted by atomic mass is 10.0. The second-order valence-electron chi connectivity index (χ2n) is 4.47. The molecule has 0 spiro atoms. The van der Waals surface area contributed by atoms with Gasteiger partial charge in [0.2, 0.25) is 0 Å². The summed E-state index contributed by atoms with van der Waals surface area (Å²) in [6.45, 7) is 3.08. The fourth-order valence-corrected chi connectivity index (χ4v) is 2.39. The number of rotatable bonds is 3. The number of carboxylic acid groups (broad SMARTS) is 1. The van der Waals surface area contributed by atoms with Crippen LogP contribution in [0.15, 0.2) is 28.7 Å². The number of allylic oxidation sites excluding steroid dienone is 1. The number of carboxylic acids is 1. The molecule has 1 rings (SSSR count). The van der Waals surface area contributed by atoms with E-state index in [2.05, 4.69) is 0 Å². The molecule has 0 aliphatic carbocycles. The molecule has 0 aromatic heterocycles. The van der Waals surface area contributed by atoms with Crippen LogP contribution in [-0.4, -0.2) is 40.4 Å². The molecular weight excluding hydrogens is 278 g/mol. The Morgan fingerprint density at radius 1 is 1.20 bits per heavy atom. The van der Waals surface area contributed by atoms with Crippen LogP contribution in [0, 0.1) is 0 Å². The summed E-state index contributed by atoms with van der Waals surface area (Å²) < 4.78 is 0. The monoisotopic (exact) mass is 295 g/mol. The van der Waals surface area contributed by atoms with Gasteiger partial charge >= 0.3 is 5.97 Å². The van der Waals surface area contributed by atoms with Crippen molar-refractivity contribution in [2.24, 2.45) is 0 Å². The Kier molecular flexibility index (Phi) is 5.21. The Balaban J connectivity index is 3.36. The number of carbonyl (C=O) groups excluding carboxylic acids is 1. The maximum absolute atomic E-state index is 11.8. The standard InChI is InChI=1S/C14H17NO4S/c1-8(9(2)13(17)18)12-10(16)6-5-7-11(12)20-14(19)15(3)4/h5-7,16H,1-4H3,(H,17,18). The summed E-state index contributed by atoms with van der Waals surface area (Å²) in [5.74, 6) is -1.10. The molecule has 0 aliphatic heterocycles. The van der Waals surface area contributed by atoms with Crippen molar-refractivity contribution in [3.05, 3.63) is 29.3 Å². The first kappa shape index (κ1) is 16.1. The predicted octanol–water partition coefficient (Wildman–Crippen LogP) is 3.04. The first-order valence-corrected chi connectivity index (χ1v) is 6.69. The SMILES string of the molecule is CC(C(=O)O)=C(C)c1c(O)cccc1SC(=O)N(C)C. The van der Waals surface area contributed by atoms with Crippen molar-refractivity contribution < 1.29 is 19.8 Å². The van der Waals surface area contributed by atoms with Gasteiger partial charge in [-0.25, -0.2) is 4.79 Å². The highest BCUT2D eigenvalue weighted by molar-refractivity contribution is 8.13. The number of hydrogen-bond acceptors (Lipinski definition) is 4. The molecule has 0 unspecified atom stereocenters. The zero-order chi connectivity index (χ0) is 15.4. The highest BCUT2D eigenvalue weighted by atomic mass is 32.2. The molecule has 108 valence electrons. The van der Waals surface area contributed by atoms with E-state index in [0.29, 0.717) is 16.0 Å². The highest BCUT2D eigenvalue weighted by Crippen LogP contribution is 2.36. The Morgan fingerprint density at radius 3 is 2.30 bits per heavy atom. The fourth-order valence-electron chi connectivity index (χ4n) is 1.51. The molecule has 1 amide bonds. The molecule has 2 N–H and O–H groups in total. The third-order valence-electron chi connectivity index (χ3n) is 2.82. The van der Waals surface area contributed by atoms with Crippen molar-refractivity contribution >= 4 is 28.5 Å². The van der Waals surface area contributed by atoms with Crippen molar-refractivity contribution in [3.63, 3.8) is 0 Å². The summed E-state index contributed by atoms with van der Waals surface area (Å²) in [6.07, 6.45) is 0. The van der Waals surface area contributed by atoms with Crippen molar-refractivity contribution in [1.82, 2.24) is 4.90 Å². The molecule has 5 nitrogen and oxygen atoms in total. The second kappa shape index (κ2) is 6.47. The number of thioether (sulfide) groups is 1. The molecular formula is C14H17NO4S. The smallest absolute Gasteiger partial charge is 0.331 e. The quantitative estimate of drug-likeness (QED) is 0.662. The topological polar surface area (TPSA) is 77.8 Å². The minimum absolute atomic E-state index is 0.0420. The number of hydrogen-bond donors (Lipinski definition) is 2. The first-order chi connectivity index (χ1) is 9.25. The van der Waals surface area contributed by atoms with Crippen molar-refractivity contribution in [3.8, 4) is 5.75 Å². The van der Waals surface area contributed by atoms with E-state index in [1.54, 1.807) is 33.2 Å². The highest BCUT2D eigenvalue weighted by Gasteiger charge is 2.18. The van der Waals surface area contributed by atoms with Gasteiger partial charge in [0.15, 0.2) is 0 Å². The van der Waals surface area contributed by atoms with Gasteiger partial charge in [-0.2, -0.15) is 0 Å². The van der Waals surface area contributed by atoms with Crippen LogP contribution in [0.1, 0.15) is 19.4 Å². The lowest BCUT2D eigenvalue weighted by Crippen LogP contribution is -2.16. The molecule has 0 radical (unpaired) electrons. The number of aliphatic carboxylic acids is 1. The van der Waals surface area contributed by atoms with Crippen LogP contribution < -0.4 is 0 Å². The predicted molar refractivity (Wildman–Crippen MR) is 79.0 cm³/mol. The van der Waals surface area contributed by atoms with E-state index >= 15 is 0 Å². The third kappa shape index (κ3) is 3.54. The normalized spacial score (nSPS) is 11.8. The van der Waals surface area contributed by atoms with Crippen LogP contribution in [0.5, 0.6) is 5.75 Å². The average molecular weight is 295 g/mol. The van der Waals surface area contributed by atoms with Gasteiger partial charge in [-0.3, -0.25) is 4.79 Å². The van der Waals surface area contributed by atoms with E-state index in [1.165, 1.54) is 17.9 Å². The summed E-state index contributed by atoms with van der Waals surface area (Å²) in [6, 6.07) is 4.77. The zero-order valence-electron chi connectivity index (χ0n) is 11.8. The van der Waals surface area contributed by atoms with E-state index < -0.39 is 5.97 Å². The van der Waals surface area contributed by atoms with Crippen LogP contribution in [0.3, 0.4) is 0 Å². The molecule has 1 aromatic carbocycles. The van der Waals surface area contributed by atoms with E-state index in [4.69, 9.17) is 5.11 Å². The molecule has 0 aliphatic rings. The molecule has 0 bridgehead atoms. The summed E-state index contributed by atoms with van der Waals surface area (Å²) in [5, 5.41) is 18.8. The largest absolute Gasteiger partial charge is 0.507 e. The molecule has 0 fully saturated rings. The molecule has 6 heteroatoms. The van der Waals surface area contributed by atoms with Crippen LogP contribution in [0.4, 0.5) is 4.79 Å². The van der Waals surface area contributed by atoms with Crippen LogP contribution in [-0.2, 0) is 4.79 Å². The maximum Gasteiger partial charge on any atom is 0.331 e. The van der Waals surface area contributed by atoms with E-state index in [1.807, 2.05) is 0 Å².